The number of nitrogens with one attached hydrogen (secondary N) is 2. The number of hydrogen-bond acceptors (Lipinski definition) is 4. The Morgan fingerprint density at radius 1 is 1.36 bits per heavy atom. The highest BCUT2D eigenvalue weighted by molar-refractivity contribution is 5.99. The monoisotopic (exact) mass is 297 g/mol. The van der Waals surface area contributed by atoms with E-state index in [9.17, 15) is 9.59 Å². The van der Waals surface area contributed by atoms with Crippen molar-refractivity contribution in [3.05, 3.63) is 53.9 Å². The number of carbonyl (C=O) groups is 2. The van der Waals surface area contributed by atoms with Crippen molar-refractivity contribution in [2.45, 2.75) is 13.0 Å². The lowest BCUT2D eigenvalue weighted by Crippen LogP contribution is -2.28. The number of amides is 2. The Hall–Kier alpha value is -2.89. The number of fused-ring (bicyclic) bond motifs is 1. The zero-order valence-electron chi connectivity index (χ0n) is 12.0. The standard InChI is InChI=1S/C16H15N3O3/c1-10(12-4-2-3-7-17-12)18-16(21)11-5-6-13-14(8-11)22-9-15(20)19-13/h2-8,10H,9H2,1H3,(H,18,21)(H,19,20). The van der Waals surface area contributed by atoms with E-state index in [-0.39, 0.29) is 24.5 Å². The Balaban J connectivity index is 1.74. The van der Waals surface area contributed by atoms with Crippen molar-refractivity contribution < 1.29 is 14.3 Å². The first-order valence-corrected chi connectivity index (χ1v) is 6.92. The van der Waals surface area contributed by atoms with Gasteiger partial charge in [-0.25, -0.2) is 0 Å². The second-order valence-corrected chi connectivity index (χ2v) is 5.00. The lowest BCUT2D eigenvalue weighted by Gasteiger charge is -2.19. The molecule has 22 heavy (non-hydrogen) atoms. The summed E-state index contributed by atoms with van der Waals surface area (Å²) < 4.78 is 5.31. The van der Waals surface area contributed by atoms with E-state index in [0.717, 1.165) is 5.69 Å². The Morgan fingerprint density at radius 3 is 3.00 bits per heavy atom. The lowest BCUT2D eigenvalue weighted by molar-refractivity contribution is -0.118. The number of aromatic nitrogens is 1. The van der Waals surface area contributed by atoms with Crippen molar-refractivity contribution in [3.8, 4) is 5.75 Å². The van der Waals surface area contributed by atoms with Crippen LogP contribution in [0.5, 0.6) is 5.75 Å². The van der Waals surface area contributed by atoms with Crippen LogP contribution in [0.15, 0.2) is 42.6 Å². The molecule has 0 radical (unpaired) electrons. The molecule has 6 heteroatoms. The molecule has 1 atom stereocenters. The number of ether oxygens (including phenoxy) is 1. The Morgan fingerprint density at radius 2 is 2.23 bits per heavy atom. The molecule has 3 rings (SSSR count). The van der Waals surface area contributed by atoms with Crippen molar-refractivity contribution in [1.29, 1.82) is 0 Å². The predicted octanol–water partition coefficient (Wildman–Crippen LogP) is 1.90. The van der Waals surface area contributed by atoms with Gasteiger partial charge in [-0.15, -0.1) is 0 Å². The van der Waals surface area contributed by atoms with Crippen LogP contribution >= 0.6 is 0 Å². The minimum Gasteiger partial charge on any atom is -0.482 e. The number of rotatable bonds is 3. The molecule has 0 aliphatic carbocycles. The fourth-order valence-corrected chi connectivity index (χ4v) is 2.20. The number of benzene rings is 1. The maximum absolute atomic E-state index is 12.3. The van der Waals surface area contributed by atoms with E-state index < -0.39 is 0 Å². The molecule has 2 amide bonds. The van der Waals surface area contributed by atoms with Crippen LogP contribution in [0.25, 0.3) is 0 Å². The molecule has 1 aliphatic rings. The molecule has 0 bridgehead atoms. The summed E-state index contributed by atoms with van der Waals surface area (Å²) in [5.74, 6) is 0.0765. The summed E-state index contributed by atoms with van der Waals surface area (Å²) in [4.78, 5) is 27.7. The number of nitrogens with zero attached hydrogens (tertiary/aromatic N) is 1. The summed E-state index contributed by atoms with van der Waals surface area (Å²) in [6.07, 6.45) is 1.69. The van der Waals surface area contributed by atoms with Gasteiger partial charge in [0, 0.05) is 11.8 Å². The third-order valence-corrected chi connectivity index (χ3v) is 3.36. The van der Waals surface area contributed by atoms with Gasteiger partial charge < -0.3 is 15.4 Å². The molecule has 1 aliphatic heterocycles. The van der Waals surface area contributed by atoms with Gasteiger partial charge in [0.1, 0.15) is 5.75 Å². The highest BCUT2D eigenvalue weighted by Crippen LogP contribution is 2.28. The molecule has 0 fully saturated rings. The molecule has 1 aromatic heterocycles. The van der Waals surface area contributed by atoms with E-state index in [1.54, 1.807) is 24.4 Å². The first-order valence-electron chi connectivity index (χ1n) is 6.92. The summed E-state index contributed by atoms with van der Waals surface area (Å²) in [7, 11) is 0. The van der Waals surface area contributed by atoms with Gasteiger partial charge in [-0.1, -0.05) is 6.07 Å². The van der Waals surface area contributed by atoms with Crippen LogP contribution in [0.1, 0.15) is 29.0 Å². The third-order valence-electron chi connectivity index (χ3n) is 3.36. The fourth-order valence-electron chi connectivity index (χ4n) is 2.20. The molecule has 2 aromatic rings. The van der Waals surface area contributed by atoms with Crippen LogP contribution in [-0.2, 0) is 4.79 Å². The predicted molar refractivity (Wildman–Crippen MR) is 80.7 cm³/mol. The average Bonchev–Trinajstić information content (AvgIpc) is 2.55. The minimum atomic E-state index is -0.221. The topological polar surface area (TPSA) is 80.3 Å². The van der Waals surface area contributed by atoms with E-state index in [1.165, 1.54) is 0 Å². The van der Waals surface area contributed by atoms with Crippen LogP contribution in [0.2, 0.25) is 0 Å². The van der Waals surface area contributed by atoms with Gasteiger partial charge in [-0.3, -0.25) is 14.6 Å². The van der Waals surface area contributed by atoms with Crippen LogP contribution in [0.3, 0.4) is 0 Å². The maximum atomic E-state index is 12.3. The van der Waals surface area contributed by atoms with E-state index in [2.05, 4.69) is 15.6 Å². The molecule has 112 valence electrons. The zero-order chi connectivity index (χ0) is 15.5. The SMILES string of the molecule is CC(NC(=O)c1ccc2c(c1)OCC(=O)N2)c1ccccn1. The van der Waals surface area contributed by atoms with E-state index in [1.807, 2.05) is 25.1 Å². The van der Waals surface area contributed by atoms with Crippen LogP contribution in [0, 0.1) is 0 Å². The quantitative estimate of drug-likeness (QED) is 0.906. The molecule has 0 saturated heterocycles. The van der Waals surface area contributed by atoms with Gasteiger partial charge in [-0.2, -0.15) is 0 Å². The van der Waals surface area contributed by atoms with Gasteiger partial charge in [0.05, 0.1) is 17.4 Å². The summed E-state index contributed by atoms with van der Waals surface area (Å²) >= 11 is 0. The van der Waals surface area contributed by atoms with E-state index in [0.29, 0.717) is 17.0 Å². The summed E-state index contributed by atoms with van der Waals surface area (Å²) in [5.41, 5.74) is 1.83. The first-order chi connectivity index (χ1) is 10.6. The number of carbonyl (C=O) groups excluding carboxylic acids is 2. The van der Waals surface area contributed by atoms with Gasteiger partial charge >= 0.3 is 0 Å². The Kier molecular flexibility index (Phi) is 3.74. The van der Waals surface area contributed by atoms with Crippen molar-refractivity contribution >= 4 is 17.5 Å². The molecule has 0 saturated carbocycles. The second kappa shape index (κ2) is 5.85. The molecule has 1 unspecified atom stereocenters. The largest absolute Gasteiger partial charge is 0.482 e. The first kappa shape index (κ1) is 14.1. The van der Waals surface area contributed by atoms with E-state index >= 15 is 0 Å². The minimum absolute atomic E-state index is 0.0393. The lowest BCUT2D eigenvalue weighted by atomic mass is 10.1. The molecule has 2 heterocycles. The molecule has 2 N–H and O–H groups in total. The smallest absolute Gasteiger partial charge is 0.262 e. The molecule has 1 aromatic carbocycles. The van der Waals surface area contributed by atoms with Gasteiger partial charge in [0.2, 0.25) is 0 Å². The zero-order valence-corrected chi connectivity index (χ0v) is 12.0. The van der Waals surface area contributed by atoms with Gasteiger partial charge in [-0.05, 0) is 37.3 Å². The maximum Gasteiger partial charge on any atom is 0.262 e. The molecule has 6 nitrogen and oxygen atoms in total. The molecule has 0 spiro atoms. The summed E-state index contributed by atoms with van der Waals surface area (Å²) in [6, 6.07) is 10.3. The third kappa shape index (κ3) is 2.90. The number of pyridine rings is 1. The highest BCUT2D eigenvalue weighted by atomic mass is 16.5. The second-order valence-electron chi connectivity index (χ2n) is 5.00. The number of anilines is 1. The van der Waals surface area contributed by atoms with Crippen LogP contribution in [-0.4, -0.2) is 23.4 Å². The summed E-state index contributed by atoms with van der Waals surface area (Å²) in [6.45, 7) is 1.83. The van der Waals surface area contributed by atoms with Gasteiger partial charge in [0.15, 0.2) is 6.61 Å². The van der Waals surface area contributed by atoms with E-state index in [4.69, 9.17) is 4.74 Å². The normalized spacial score (nSPS) is 14.3. The molecular formula is C16H15N3O3. The van der Waals surface area contributed by atoms with Crippen LogP contribution < -0.4 is 15.4 Å². The van der Waals surface area contributed by atoms with Crippen LogP contribution in [0.4, 0.5) is 5.69 Å². The Labute approximate surface area is 127 Å². The van der Waals surface area contributed by atoms with Crippen molar-refractivity contribution in [3.63, 3.8) is 0 Å². The highest BCUT2D eigenvalue weighted by Gasteiger charge is 2.19. The fraction of sp³-hybridized carbons (Fsp3) is 0.188. The van der Waals surface area contributed by atoms with Crippen molar-refractivity contribution in [1.82, 2.24) is 10.3 Å². The average molecular weight is 297 g/mol. The Bertz CT molecular complexity index is 716. The molecular weight excluding hydrogens is 282 g/mol. The number of hydrogen-bond donors (Lipinski definition) is 2. The van der Waals surface area contributed by atoms with Crippen molar-refractivity contribution in [2.75, 3.05) is 11.9 Å². The van der Waals surface area contributed by atoms with Gasteiger partial charge in [0.25, 0.3) is 11.8 Å². The van der Waals surface area contributed by atoms with Crippen molar-refractivity contribution in [2.24, 2.45) is 0 Å². The summed E-state index contributed by atoms with van der Waals surface area (Å²) in [5, 5.41) is 5.57.